The third-order valence-corrected chi connectivity index (χ3v) is 8.22. The number of rotatable bonds is 9. The lowest BCUT2D eigenvalue weighted by Gasteiger charge is -2.49. The highest BCUT2D eigenvalue weighted by molar-refractivity contribution is 6.31. The zero-order valence-electron chi connectivity index (χ0n) is 25.4. The first-order valence-electron chi connectivity index (χ1n) is 14.5. The van der Waals surface area contributed by atoms with Crippen molar-refractivity contribution in [3.63, 3.8) is 0 Å². The van der Waals surface area contributed by atoms with Crippen molar-refractivity contribution in [2.24, 2.45) is 0 Å². The largest absolute Gasteiger partial charge is 0.463 e. The molecular weight excluding hydrogens is 612 g/mol. The van der Waals surface area contributed by atoms with E-state index in [1.54, 1.807) is 18.2 Å². The van der Waals surface area contributed by atoms with E-state index in [1.807, 2.05) is 24.3 Å². The van der Waals surface area contributed by atoms with Crippen LogP contribution in [0.4, 0.5) is 0 Å². The van der Waals surface area contributed by atoms with Crippen LogP contribution in [0, 0.1) is 0 Å². The summed E-state index contributed by atoms with van der Waals surface area (Å²) in [5.41, 5.74) is 1.49. The molecule has 0 spiro atoms. The predicted molar refractivity (Wildman–Crippen MR) is 155 cm³/mol. The minimum Gasteiger partial charge on any atom is -0.463 e. The summed E-state index contributed by atoms with van der Waals surface area (Å²) < 4.78 is 46.1. The van der Waals surface area contributed by atoms with Crippen LogP contribution in [0.1, 0.15) is 62.5 Å². The smallest absolute Gasteiger partial charge is 0.303 e. The van der Waals surface area contributed by atoms with Gasteiger partial charge in [-0.25, -0.2) is 0 Å². The summed E-state index contributed by atoms with van der Waals surface area (Å²) in [6, 6.07) is 13.1. The topological polar surface area (TPSA) is 142 Å². The summed E-state index contributed by atoms with van der Waals surface area (Å²) in [6.07, 6.45) is -3.01. The Balaban J connectivity index is 1.54. The summed E-state index contributed by atoms with van der Waals surface area (Å²) in [5.74, 6) is -4.67. The monoisotopic (exact) mass is 646 g/mol. The van der Waals surface area contributed by atoms with Crippen LogP contribution in [0.3, 0.4) is 0 Å². The minimum atomic E-state index is -1.85. The number of hydrogen-bond donors (Lipinski definition) is 0. The van der Waals surface area contributed by atoms with Crippen LogP contribution >= 0.6 is 11.6 Å². The maximum atomic E-state index is 12.4. The molecule has 3 aliphatic rings. The van der Waals surface area contributed by atoms with Gasteiger partial charge in [-0.3, -0.25) is 19.2 Å². The molecule has 5 rings (SSSR count). The Kier molecular flexibility index (Phi) is 9.80. The average Bonchev–Trinajstić information content (AvgIpc) is 3.36. The van der Waals surface area contributed by atoms with Crippen molar-refractivity contribution in [2.75, 3.05) is 26.6 Å². The van der Waals surface area contributed by atoms with E-state index in [2.05, 4.69) is 0 Å². The fraction of sp³-hybridized carbons (Fsp3) is 0.500. The van der Waals surface area contributed by atoms with E-state index in [1.165, 1.54) is 20.8 Å². The van der Waals surface area contributed by atoms with Gasteiger partial charge in [0.2, 0.25) is 11.9 Å². The maximum Gasteiger partial charge on any atom is 0.303 e. The zero-order chi connectivity index (χ0) is 32.4. The van der Waals surface area contributed by atoms with Crippen LogP contribution < -0.4 is 0 Å². The van der Waals surface area contributed by atoms with Crippen molar-refractivity contribution in [2.45, 2.75) is 76.3 Å². The van der Waals surface area contributed by atoms with Gasteiger partial charge in [0.25, 0.3) is 0 Å². The molecule has 45 heavy (non-hydrogen) atoms. The summed E-state index contributed by atoms with van der Waals surface area (Å²) in [4.78, 5) is 48.9. The van der Waals surface area contributed by atoms with Crippen LogP contribution in [-0.4, -0.2) is 74.4 Å². The molecule has 242 valence electrons. The average molecular weight is 647 g/mol. The van der Waals surface area contributed by atoms with Gasteiger partial charge in [-0.05, 0) is 35.2 Å². The van der Waals surface area contributed by atoms with Crippen LogP contribution in [-0.2, 0) is 69.3 Å². The molecule has 2 bridgehead atoms. The fourth-order valence-electron chi connectivity index (χ4n) is 5.94. The number of fused-ring (bicyclic) bond motifs is 2. The normalized spacial score (nSPS) is 29.0. The van der Waals surface area contributed by atoms with Gasteiger partial charge in [0.15, 0.2) is 17.8 Å². The van der Waals surface area contributed by atoms with Crippen molar-refractivity contribution in [3.05, 3.63) is 69.7 Å². The molecule has 0 N–H and O–H groups in total. The second-order valence-corrected chi connectivity index (χ2v) is 11.6. The third kappa shape index (κ3) is 7.00. The quantitative estimate of drug-likeness (QED) is 0.290. The Bertz CT molecular complexity index is 1440. The number of esters is 4. The number of ether oxygens (including phenoxy) is 8. The first-order valence-corrected chi connectivity index (χ1v) is 14.9. The molecule has 0 radical (unpaired) electrons. The van der Waals surface area contributed by atoms with Gasteiger partial charge >= 0.3 is 23.9 Å². The second kappa shape index (κ2) is 13.4. The Morgan fingerprint density at radius 3 is 2.20 bits per heavy atom. The van der Waals surface area contributed by atoms with Crippen molar-refractivity contribution in [3.8, 4) is 0 Å². The van der Waals surface area contributed by atoms with Gasteiger partial charge in [-0.15, -0.1) is 0 Å². The minimum absolute atomic E-state index is 0.0341. The van der Waals surface area contributed by atoms with E-state index >= 15 is 0 Å². The van der Waals surface area contributed by atoms with Gasteiger partial charge in [0.05, 0.1) is 19.3 Å². The van der Waals surface area contributed by atoms with Crippen molar-refractivity contribution >= 4 is 35.5 Å². The van der Waals surface area contributed by atoms with E-state index < -0.39 is 60.2 Å². The molecule has 12 nitrogen and oxygen atoms in total. The lowest BCUT2D eigenvalue weighted by atomic mass is 9.83. The molecule has 3 aliphatic heterocycles. The molecule has 3 heterocycles. The van der Waals surface area contributed by atoms with Crippen molar-refractivity contribution in [1.29, 1.82) is 0 Å². The number of carbonyl (C=O) groups is 4. The Hall–Kier alpha value is -3.55. The Labute approximate surface area is 265 Å². The number of hydrogen-bond acceptors (Lipinski definition) is 12. The van der Waals surface area contributed by atoms with E-state index in [-0.39, 0.29) is 19.5 Å². The van der Waals surface area contributed by atoms with Crippen LogP contribution in [0.5, 0.6) is 0 Å². The highest BCUT2D eigenvalue weighted by Crippen LogP contribution is 2.53. The lowest BCUT2D eigenvalue weighted by molar-refractivity contribution is -0.334. The molecule has 0 aliphatic carbocycles. The van der Waals surface area contributed by atoms with Gasteiger partial charge < -0.3 is 37.9 Å². The summed E-state index contributed by atoms with van der Waals surface area (Å²) in [7, 11) is 0. The number of benzene rings is 2. The molecule has 13 heteroatoms. The van der Waals surface area contributed by atoms with Crippen molar-refractivity contribution < 1.29 is 57.1 Å². The molecule has 3 saturated heterocycles. The zero-order valence-corrected chi connectivity index (χ0v) is 26.1. The highest BCUT2D eigenvalue weighted by atomic mass is 35.5. The first kappa shape index (κ1) is 32.8. The lowest BCUT2D eigenvalue weighted by Crippen LogP contribution is -2.68. The molecule has 0 saturated carbocycles. The van der Waals surface area contributed by atoms with Crippen LogP contribution in [0.2, 0.25) is 5.02 Å². The third-order valence-electron chi connectivity index (χ3n) is 7.85. The van der Waals surface area contributed by atoms with Crippen LogP contribution in [0.25, 0.3) is 0 Å². The van der Waals surface area contributed by atoms with Gasteiger partial charge in [-0.1, -0.05) is 41.9 Å². The van der Waals surface area contributed by atoms with Gasteiger partial charge in [0, 0.05) is 44.7 Å². The first-order chi connectivity index (χ1) is 21.4. The molecular formula is C32H35ClO12. The molecule has 0 aromatic heterocycles. The van der Waals surface area contributed by atoms with E-state index in [9.17, 15) is 19.2 Å². The highest BCUT2D eigenvalue weighted by Gasteiger charge is 2.72. The van der Waals surface area contributed by atoms with Crippen LogP contribution in [0.15, 0.2) is 42.5 Å². The maximum absolute atomic E-state index is 12.4. The Morgan fingerprint density at radius 2 is 1.58 bits per heavy atom. The molecule has 2 aromatic carbocycles. The molecule has 6 atom stereocenters. The van der Waals surface area contributed by atoms with E-state index in [0.717, 1.165) is 24.5 Å². The molecule has 3 fully saturated rings. The molecule has 0 amide bonds. The van der Waals surface area contributed by atoms with E-state index in [0.29, 0.717) is 29.2 Å². The second-order valence-electron chi connectivity index (χ2n) is 11.2. The summed E-state index contributed by atoms with van der Waals surface area (Å²) in [5, 5.41) is 0.463. The SMILES string of the molecule is CC(=O)OC[C@@]12CO[C@@](c3ccc(Cl)c(Cc4ccc(C5CCOCO5)cc4)c3)(O1)[C@H](OC(C)=O)[C@@H](OC(C)=O)[C@@H]2OC(C)=O. The molecule has 1 unspecified atom stereocenters. The summed E-state index contributed by atoms with van der Waals surface area (Å²) in [6.45, 7) is 4.95. The van der Waals surface area contributed by atoms with Gasteiger partial charge in [0.1, 0.15) is 13.4 Å². The summed E-state index contributed by atoms with van der Waals surface area (Å²) >= 11 is 6.66. The number of carbonyl (C=O) groups excluding carboxylic acids is 4. The van der Waals surface area contributed by atoms with Crippen molar-refractivity contribution in [1.82, 2.24) is 0 Å². The standard InChI is InChI=1S/C32H35ClO12/c1-18(34)39-15-31-16-41-32(45-31,30(44-21(4)37)28(42-19(2)35)29(31)43-20(3)36)25-9-10-26(33)24(14-25)13-22-5-7-23(8-6-22)27-11-12-38-17-40-27/h5-10,14,27-30H,11-13,15-17H2,1-4H3/t27?,28-,29-,30+,31-,32-/m0/s1. The fourth-order valence-corrected chi connectivity index (χ4v) is 6.13. The number of halogens is 1. The Morgan fingerprint density at radius 1 is 0.889 bits per heavy atom. The van der Waals surface area contributed by atoms with Gasteiger partial charge in [-0.2, -0.15) is 0 Å². The predicted octanol–water partition coefficient (Wildman–Crippen LogP) is 3.68. The van der Waals surface area contributed by atoms with E-state index in [4.69, 9.17) is 49.5 Å². The molecule has 2 aromatic rings.